The Morgan fingerprint density at radius 3 is 2.67 bits per heavy atom. The van der Waals surface area contributed by atoms with Crippen LogP contribution in [-0.2, 0) is 9.53 Å². The fourth-order valence-corrected chi connectivity index (χ4v) is 4.03. The number of ether oxygens (including phenoxy) is 1. The molecule has 1 aliphatic heterocycles. The van der Waals surface area contributed by atoms with Gasteiger partial charge in [-0.15, -0.1) is 11.8 Å². The third-order valence-electron chi connectivity index (χ3n) is 4.38. The minimum absolute atomic E-state index is 0.227. The van der Waals surface area contributed by atoms with Gasteiger partial charge in [0, 0.05) is 18.3 Å². The number of benzene rings is 1. The minimum atomic E-state index is -1.09. The molecule has 0 bridgehead atoms. The summed E-state index contributed by atoms with van der Waals surface area (Å²) in [5.41, 5.74) is 0.910. The summed E-state index contributed by atoms with van der Waals surface area (Å²) in [5, 5.41) is 31.9. The molecule has 4 atom stereocenters. The van der Waals surface area contributed by atoms with E-state index in [0.717, 1.165) is 16.2 Å². The van der Waals surface area contributed by atoms with E-state index >= 15 is 0 Å². The molecule has 7 heteroatoms. The Morgan fingerprint density at radius 1 is 1.25 bits per heavy atom. The summed E-state index contributed by atoms with van der Waals surface area (Å²) in [6, 6.07) is 8.93. The van der Waals surface area contributed by atoms with E-state index in [1.165, 1.54) is 0 Å². The lowest BCUT2D eigenvalue weighted by molar-refractivity contribution is -0.122. The van der Waals surface area contributed by atoms with Crippen molar-refractivity contribution in [1.82, 2.24) is 5.32 Å². The third kappa shape index (κ3) is 3.44. The highest BCUT2D eigenvalue weighted by atomic mass is 32.2. The standard InChI is InChI=1S/C17H21NO5S/c19-9-11-8-12(14(21)13(11)20)18-17(22)15-16(24-7-6-23-15)10-4-2-1-3-5-10/h1-5,11-14,19-21H,6-9H2,(H,18,22)/t11-,12-,13-,14+/m0/s1. The first-order valence-corrected chi connectivity index (χ1v) is 8.93. The molecule has 4 N–H and O–H groups in total. The highest BCUT2D eigenvalue weighted by Gasteiger charge is 2.42. The Bertz CT molecular complexity index is 621. The van der Waals surface area contributed by atoms with Crippen molar-refractivity contribution in [1.29, 1.82) is 0 Å². The van der Waals surface area contributed by atoms with E-state index in [1.807, 2.05) is 30.3 Å². The molecule has 1 aliphatic carbocycles. The molecular weight excluding hydrogens is 330 g/mol. The van der Waals surface area contributed by atoms with Crippen LogP contribution in [0.15, 0.2) is 36.1 Å². The monoisotopic (exact) mass is 351 g/mol. The molecule has 6 nitrogen and oxygen atoms in total. The molecule has 1 heterocycles. The number of thioether (sulfide) groups is 1. The molecule has 0 radical (unpaired) electrons. The summed E-state index contributed by atoms with van der Waals surface area (Å²) >= 11 is 1.56. The maximum absolute atomic E-state index is 12.6. The van der Waals surface area contributed by atoms with Crippen molar-refractivity contribution in [2.24, 2.45) is 5.92 Å². The molecule has 3 rings (SSSR count). The molecule has 24 heavy (non-hydrogen) atoms. The summed E-state index contributed by atoms with van der Waals surface area (Å²) in [5.74, 6) is 0.162. The van der Waals surface area contributed by atoms with Crippen molar-refractivity contribution >= 4 is 22.6 Å². The first-order valence-electron chi connectivity index (χ1n) is 7.95. The molecule has 0 aromatic heterocycles. The summed E-state index contributed by atoms with van der Waals surface area (Å²) in [6.07, 6.45) is -1.81. The van der Waals surface area contributed by atoms with Gasteiger partial charge in [-0.1, -0.05) is 30.3 Å². The summed E-state index contributed by atoms with van der Waals surface area (Å²) < 4.78 is 5.59. The molecular formula is C17H21NO5S. The fraction of sp³-hybridized carbons (Fsp3) is 0.471. The van der Waals surface area contributed by atoms with Crippen molar-refractivity contribution in [2.45, 2.75) is 24.7 Å². The molecule has 0 unspecified atom stereocenters. The lowest BCUT2D eigenvalue weighted by atomic mass is 10.1. The number of rotatable bonds is 4. The fourth-order valence-electron chi connectivity index (χ4n) is 3.07. The highest BCUT2D eigenvalue weighted by molar-refractivity contribution is 8.08. The topological polar surface area (TPSA) is 99.0 Å². The Hall–Kier alpha value is -1.54. The molecule has 1 aromatic carbocycles. The van der Waals surface area contributed by atoms with Gasteiger partial charge < -0.3 is 25.4 Å². The second-order valence-corrected chi connectivity index (χ2v) is 7.07. The quantitative estimate of drug-likeness (QED) is 0.624. The zero-order valence-corrected chi connectivity index (χ0v) is 13.9. The molecule has 1 fully saturated rings. The van der Waals surface area contributed by atoms with Crippen LogP contribution in [0.3, 0.4) is 0 Å². The normalized spacial score (nSPS) is 30.1. The largest absolute Gasteiger partial charge is 0.486 e. The predicted molar refractivity (Wildman–Crippen MR) is 90.9 cm³/mol. The van der Waals surface area contributed by atoms with Gasteiger partial charge in [-0.25, -0.2) is 0 Å². The van der Waals surface area contributed by atoms with Crippen molar-refractivity contribution in [3.8, 4) is 0 Å². The second kappa shape index (κ2) is 7.57. The number of carbonyl (C=O) groups is 1. The molecule has 0 saturated heterocycles. The molecule has 2 aliphatic rings. The molecule has 1 aromatic rings. The Labute approximate surface area is 144 Å². The lowest BCUT2D eigenvalue weighted by Gasteiger charge is -2.23. The van der Waals surface area contributed by atoms with Crippen LogP contribution in [-0.4, -0.2) is 58.4 Å². The van der Waals surface area contributed by atoms with E-state index in [0.29, 0.717) is 13.0 Å². The molecule has 0 spiro atoms. The lowest BCUT2D eigenvalue weighted by Crippen LogP contribution is -2.44. The Kier molecular flexibility index (Phi) is 5.45. The van der Waals surface area contributed by atoms with Crippen LogP contribution >= 0.6 is 11.8 Å². The first kappa shape index (κ1) is 17.3. The highest BCUT2D eigenvalue weighted by Crippen LogP contribution is 2.35. The van der Waals surface area contributed by atoms with Gasteiger partial charge in [0.2, 0.25) is 0 Å². The van der Waals surface area contributed by atoms with Gasteiger partial charge in [0.15, 0.2) is 5.76 Å². The number of amides is 1. The number of aliphatic hydroxyl groups is 3. The van der Waals surface area contributed by atoms with Gasteiger partial charge in [-0.2, -0.15) is 0 Å². The van der Waals surface area contributed by atoms with Gasteiger partial charge in [-0.05, 0) is 12.0 Å². The predicted octanol–water partition coefficient (Wildman–Crippen LogP) is 0.337. The zero-order valence-electron chi connectivity index (χ0n) is 13.1. The minimum Gasteiger partial charge on any atom is -0.486 e. The second-order valence-electron chi connectivity index (χ2n) is 5.96. The van der Waals surface area contributed by atoms with Gasteiger partial charge >= 0.3 is 0 Å². The van der Waals surface area contributed by atoms with Crippen LogP contribution in [0.2, 0.25) is 0 Å². The number of aliphatic hydroxyl groups excluding tert-OH is 3. The molecule has 1 saturated carbocycles. The van der Waals surface area contributed by atoms with Crippen molar-refractivity contribution in [3.63, 3.8) is 0 Å². The van der Waals surface area contributed by atoms with Gasteiger partial charge in [0.25, 0.3) is 5.91 Å². The van der Waals surface area contributed by atoms with E-state index in [1.54, 1.807) is 11.8 Å². The molecule has 130 valence electrons. The van der Waals surface area contributed by atoms with Crippen LogP contribution in [0.25, 0.3) is 4.91 Å². The number of hydrogen-bond acceptors (Lipinski definition) is 6. The smallest absolute Gasteiger partial charge is 0.287 e. The van der Waals surface area contributed by atoms with E-state index in [9.17, 15) is 20.1 Å². The summed E-state index contributed by atoms with van der Waals surface area (Å²) in [7, 11) is 0. The molecule has 1 amide bonds. The van der Waals surface area contributed by atoms with Crippen molar-refractivity contribution in [3.05, 3.63) is 41.7 Å². The Balaban J connectivity index is 1.79. The summed E-state index contributed by atoms with van der Waals surface area (Å²) in [6.45, 7) is 0.216. The third-order valence-corrected chi connectivity index (χ3v) is 5.46. The van der Waals surface area contributed by atoms with Crippen LogP contribution < -0.4 is 5.32 Å². The maximum atomic E-state index is 12.6. The number of hydrogen-bond donors (Lipinski definition) is 4. The van der Waals surface area contributed by atoms with Crippen LogP contribution in [0.5, 0.6) is 0 Å². The van der Waals surface area contributed by atoms with Gasteiger partial charge in [-0.3, -0.25) is 4.79 Å². The van der Waals surface area contributed by atoms with E-state index in [4.69, 9.17) is 4.74 Å². The number of carbonyl (C=O) groups excluding carboxylic acids is 1. The van der Waals surface area contributed by atoms with E-state index < -0.39 is 30.1 Å². The summed E-state index contributed by atoms with van der Waals surface area (Å²) in [4.78, 5) is 13.4. The van der Waals surface area contributed by atoms with E-state index in [2.05, 4.69) is 5.32 Å². The SMILES string of the molecule is O=C(N[C@H]1C[C@@H](CO)[C@H](O)[C@@H]1O)C1=C(c2ccccc2)SCCO1. The number of nitrogens with one attached hydrogen (secondary N) is 1. The van der Waals surface area contributed by atoms with Crippen LogP contribution in [0.4, 0.5) is 0 Å². The van der Waals surface area contributed by atoms with Crippen molar-refractivity contribution in [2.75, 3.05) is 19.0 Å². The van der Waals surface area contributed by atoms with Crippen LogP contribution in [0.1, 0.15) is 12.0 Å². The first-order chi connectivity index (χ1) is 11.6. The van der Waals surface area contributed by atoms with Gasteiger partial charge in [0.1, 0.15) is 6.10 Å². The average Bonchev–Trinajstić information content (AvgIpc) is 2.90. The average molecular weight is 351 g/mol. The maximum Gasteiger partial charge on any atom is 0.287 e. The van der Waals surface area contributed by atoms with Crippen LogP contribution in [0, 0.1) is 5.92 Å². The zero-order chi connectivity index (χ0) is 17.1. The Morgan fingerprint density at radius 2 is 2.00 bits per heavy atom. The van der Waals surface area contributed by atoms with Gasteiger partial charge in [0.05, 0.1) is 23.7 Å². The van der Waals surface area contributed by atoms with E-state index in [-0.39, 0.29) is 12.4 Å². The van der Waals surface area contributed by atoms with Crippen molar-refractivity contribution < 1.29 is 24.9 Å².